The van der Waals surface area contributed by atoms with Gasteiger partial charge in [0.05, 0.1) is 14.2 Å². The van der Waals surface area contributed by atoms with Crippen molar-refractivity contribution in [2.45, 2.75) is 38.6 Å². The number of ether oxygens (including phenoxy) is 2. The Bertz CT molecular complexity index is 514. The van der Waals surface area contributed by atoms with E-state index in [1.807, 2.05) is 0 Å². The molecule has 0 aliphatic carbocycles. The second-order valence-corrected chi connectivity index (χ2v) is 6.47. The Labute approximate surface area is 121 Å². The van der Waals surface area contributed by atoms with Crippen molar-refractivity contribution < 1.29 is 9.47 Å². The molecule has 0 amide bonds. The summed E-state index contributed by atoms with van der Waals surface area (Å²) in [7, 11) is 3.43. The van der Waals surface area contributed by atoms with Crippen molar-refractivity contribution in [3.8, 4) is 11.5 Å². The maximum absolute atomic E-state index is 5.51. The molecule has 0 spiro atoms. The van der Waals surface area contributed by atoms with Gasteiger partial charge in [-0.15, -0.1) is 0 Å². The quantitative estimate of drug-likeness (QED) is 0.827. The first-order chi connectivity index (χ1) is 9.58. The van der Waals surface area contributed by atoms with Crippen LogP contribution in [0.2, 0.25) is 0 Å². The summed E-state index contributed by atoms with van der Waals surface area (Å²) < 4.78 is 11.0. The number of piperidine rings is 1. The number of methoxy groups -OCH3 is 2. The third-order valence-corrected chi connectivity index (χ3v) is 5.18. The molecule has 2 heterocycles. The molecule has 0 bridgehead atoms. The molecule has 1 fully saturated rings. The van der Waals surface area contributed by atoms with Gasteiger partial charge in [0.15, 0.2) is 11.5 Å². The van der Waals surface area contributed by atoms with Crippen LogP contribution in [0.15, 0.2) is 12.1 Å². The molecule has 20 heavy (non-hydrogen) atoms. The second kappa shape index (κ2) is 4.96. The number of rotatable bonds is 2. The van der Waals surface area contributed by atoms with Gasteiger partial charge in [-0.25, -0.2) is 0 Å². The van der Waals surface area contributed by atoms with E-state index in [1.54, 1.807) is 14.2 Å². The molecule has 0 aromatic heterocycles. The van der Waals surface area contributed by atoms with Crippen molar-refractivity contribution in [2.75, 3.05) is 27.3 Å². The van der Waals surface area contributed by atoms with Gasteiger partial charge < -0.3 is 9.47 Å². The first-order valence-corrected chi connectivity index (χ1v) is 7.59. The van der Waals surface area contributed by atoms with Gasteiger partial charge in [0.1, 0.15) is 0 Å². The molecule has 1 saturated heterocycles. The highest BCUT2D eigenvalue weighted by molar-refractivity contribution is 5.51. The zero-order chi connectivity index (χ0) is 14.3. The van der Waals surface area contributed by atoms with Crippen LogP contribution in [0.1, 0.15) is 37.8 Å². The van der Waals surface area contributed by atoms with Crippen LogP contribution < -0.4 is 9.47 Å². The first kappa shape index (κ1) is 13.7. The highest BCUT2D eigenvalue weighted by atomic mass is 16.5. The van der Waals surface area contributed by atoms with E-state index in [2.05, 4.69) is 30.9 Å². The Morgan fingerprint density at radius 2 is 1.85 bits per heavy atom. The molecule has 0 N–H and O–H groups in total. The second-order valence-electron chi connectivity index (χ2n) is 6.47. The molecule has 1 aromatic carbocycles. The fourth-order valence-electron chi connectivity index (χ4n) is 4.06. The Morgan fingerprint density at radius 3 is 2.55 bits per heavy atom. The van der Waals surface area contributed by atoms with Gasteiger partial charge in [-0.05, 0) is 61.9 Å². The number of hydrogen-bond acceptors (Lipinski definition) is 3. The Hall–Kier alpha value is -1.22. The summed E-state index contributed by atoms with van der Waals surface area (Å²) in [6, 6.07) is 4.38. The Kier molecular flexibility index (Phi) is 3.41. The van der Waals surface area contributed by atoms with Gasteiger partial charge in [-0.1, -0.05) is 6.92 Å². The van der Waals surface area contributed by atoms with Crippen LogP contribution in [-0.2, 0) is 12.0 Å². The third-order valence-electron chi connectivity index (χ3n) is 5.18. The van der Waals surface area contributed by atoms with Crippen molar-refractivity contribution in [3.05, 3.63) is 23.3 Å². The fraction of sp³-hybridized carbons (Fsp3) is 0.647. The average Bonchev–Trinajstić information content (AvgIpc) is 2.45. The minimum Gasteiger partial charge on any atom is -0.493 e. The number of nitrogens with zero attached hydrogens (tertiary/aromatic N) is 1. The number of fused-ring (bicyclic) bond motifs is 3. The smallest absolute Gasteiger partial charge is 0.161 e. The van der Waals surface area contributed by atoms with Gasteiger partial charge in [0.2, 0.25) is 0 Å². The third kappa shape index (κ3) is 1.99. The summed E-state index contributed by atoms with van der Waals surface area (Å²) in [4.78, 5) is 2.65. The molecular weight excluding hydrogens is 250 g/mol. The van der Waals surface area contributed by atoms with Crippen LogP contribution >= 0.6 is 0 Å². The van der Waals surface area contributed by atoms with Crippen molar-refractivity contribution in [2.24, 2.45) is 5.92 Å². The molecule has 3 nitrogen and oxygen atoms in total. The van der Waals surface area contributed by atoms with Crippen LogP contribution in [0, 0.1) is 5.92 Å². The maximum Gasteiger partial charge on any atom is 0.161 e. The first-order valence-electron chi connectivity index (χ1n) is 7.59. The summed E-state index contributed by atoms with van der Waals surface area (Å²) in [5.74, 6) is 2.50. The average molecular weight is 275 g/mol. The summed E-state index contributed by atoms with van der Waals surface area (Å²) in [5, 5.41) is 0. The molecule has 1 aromatic rings. The van der Waals surface area contributed by atoms with Gasteiger partial charge in [-0.2, -0.15) is 0 Å². The molecule has 3 rings (SSSR count). The fourth-order valence-corrected chi connectivity index (χ4v) is 4.06. The molecule has 2 atom stereocenters. The van der Waals surface area contributed by atoms with Gasteiger partial charge in [0, 0.05) is 12.1 Å². The van der Waals surface area contributed by atoms with E-state index in [1.165, 1.54) is 30.5 Å². The zero-order valence-corrected chi connectivity index (χ0v) is 13.0. The molecule has 0 saturated carbocycles. The van der Waals surface area contributed by atoms with Gasteiger partial charge in [0.25, 0.3) is 0 Å². The van der Waals surface area contributed by atoms with E-state index >= 15 is 0 Å². The van der Waals surface area contributed by atoms with E-state index in [0.717, 1.165) is 30.4 Å². The predicted octanol–water partition coefficient (Wildman–Crippen LogP) is 3.21. The van der Waals surface area contributed by atoms with Crippen molar-refractivity contribution in [3.63, 3.8) is 0 Å². The van der Waals surface area contributed by atoms with Crippen molar-refractivity contribution in [1.29, 1.82) is 0 Å². The van der Waals surface area contributed by atoms with Crippen LogP contribution in [0.5, 0.6) is 11.5 Å². The summed E-state index contributed by atoms with van der Waals surface area (Å²) >= 11 is 0. The van der Waals surface area contributed by atoms with E-state index < -0.39 is 0 Å². The Balaban J connectivity index is 2.10. The lowest BCUT2D eigenvalue weighted by Crippen LogP contribution is -2.53. The summed E-state index contributed by atoms with van der Waals surface area (Å²) in [6.07, 6.45) is 3.66. The summed E-state index contributed by atoms with van der Waals surface area (Å²) in [6.45, 7) is 7.14. The molecular formula is C17H25NO2. The topological polar surface area (TPSA) is 21.7 Å². The molecule has 3 heteroatoms. The van der Waals surface area contributed by atoms with Crippen molar-refractivity contribution >= 4 is 0 Å². The largest absolute Gasteiger partial charge is 0.493 e. The van der Waals surface area contributed by atoms with Crippen molar-refractivity contribution in [1.82, 2.24) is 4.90 Å². The highest BCUT2D eigenvalue weighted by Crippen LogP contribution is 2.46. The van der Waals surface area contributed by atoms with E-state index in [9.17, 15) is 0 Å². The molecule has 1 unspecified atom stereocenters. The monoisotopic (exact) mass is 275 g/mol. The highest BCUT2D eigenvalue weighted by Gasteiger charge is 2.42. The van der Waals surface area contributed by atoms with Gasteiger partial charge in [-0.3, -0.25) is 4.90 Å². The normalized spacial score (nSPS) is 29.5. The SMILES string of the molecule is COc1cc2c(cc1OC)C1(C)C[C@H](C)CCN1CC2. The lowest BCUT2D eigenvalue weighted by molar-refractivity contribution is 0.0253. The molecule has 110 valence electrons. The number of benzene rings is 1. The lowest BCUT2D eigenvalue weighted by Gasteiger charge is -2.51. The zero-order valence-electron chi connectivity index (χ0n) is 13.0. The van der Waals surface area contributed by atoms with E-state index in [4.69, 9.17) is 9.47 Å². The molecule has 2 aliphatic heterocycles. The molecule has 0 radical (unpaired) electrons. The maximum atomic E-state index is 5.51. The Morgan fingerprint density at radius 1 is 1.15 bits per heavy atom. The minimum absolute atomic E-state index is 0.158. The van der Waals surface area contributed by atoms with E-state index in [0.29, 0.717) is 0 Å². The summed E-state index contributed by atoms with van der Waals surface area (Å²) in [5.41, 5.74) is 3.02. The standard InChI is InChI=1S/C17H25NO2/c1-12-5-7-18-8-6-13-9-15(19-3)16(20-4)10-14(13)17(18,2)11-12/h9-10,12H,5-8,11H2,1-4H3/t12-,17?/m1/s1. The van der Waals surface area contributed by atoms with Gasteiger partial charge >= 0.3 is 0 Å². The van der Waals surface area contributed by atoms with Crippen LogP contribution in [0.3, 0.4) is 0 Å². The van der Waals surface area contributed by atoms with Crippen LogP contribution in [0.4, 0.5) is 0 Å². The van der Waals surface area contributed by atoms with Crippen LogP contribution in [-0.4, -0.2) is 32.2 Å². The van der Waals surface area contributed by atoms with Crippen LogP contribution in [0.25, 0.3) is 0 Å². The van der Waals surface area contributed by atoms with E-state index in [-0.39, 0.29) is 5.54 Å². The lowest BCUT2D eigenvalue weighted by atomic mass is 9.73. The minimum atomic E-state index is 0.158. The molecule has 2 aliphatic rings. The predicted molar refractivity (Wildman–Crippen MR) is 80.6 cm³/mol. The number of hydrogen-bond donors (Lipinski definition) is 0.